The summed E-state index contributed by atoms with van der Waals surface area (Å²) in [5.74, 6) is 1.55. The van der Waals surface area contributed by atoms with Gasteiger partial charge in [-0.25, -0.2) is 0 Å². The highest BCUT2D eigenvalue weighted by molar-refractivity contribution is 6.02. The summed E-state index contributed by atoms with van der Waals surface area (Å²) in [4.78, 5) is 27.7. The zero-order valence-electron chi connectivity index (χ0n) is 14.0. The molecule has 3 heterocycles. The van der Waals surface area contributed by atoms with Crippen molar-refractivity contribution in [3.8, 4) is 0 Å². The summed E-state index contributed by atoms with van der Waals surface area (Å²) < 4.78 is 0. The Labute approximate surface area is 145 Å². The van der Waals surface area contributed by atoms with E-state index in [-0.39, 0.29) is 17.7 Å². The molecule has 2 fully saturated rings. The Morgan fingerprint density at radius 2 is 2.08 bits per heavy atom. The smallest absolute Gasteiger partial charge is 0.251 e. The molecule has 2 aliphatic heterocycles. The van der Waals surface area contributed by atoms with Crippen LogP contribution in [0.2, 0.25) is 0 Å². The fraction of sp³-hybridized carbons (Fsp3) is 0.474. The average Bonchev–Trinajstić information content (AvgIpc) is 2.97. The number of hydrogen-bond donors (Lipinski definition) is 4. The van der Waals surface area contributed by atoms with Crippen LogP contribution in [0.5, 0.6) is 0 Å². The summed E-state index contributed by atoms with van der Waals surface area (Å²) in [5, 5.41) is 10.5. The van der Waals surface area contributed by atoms with Gasteiger partial charge in [-0.1, -0.05) is 0 Å². The van der Waals surface area contributed by atoms with Crippen LogP contribution in [0, 0.1) is 17.8 Å². The van der Waals surface area contributed by atoms with Crippen molar-refractivity contribution in [1.29, 1.82) is 0 Å². The molecule has 3 aliphatic rings. The highest BCUT2D eigenvalue weighted by atomic mass is 16.2. The molecule has 130 valence electrons. The average molecular weight is 338 g/mol. The molecule has 2 unspecified atom stereocenters. The highest BCUT2D eigenvalue weighted by Gasteiger charge is 2.56. The van der Waals surface area contributed by atoms with E-state index in [1.54, 1.807) is 0 Å². The van der Waals surface area contributed by atoms with E-state index in [1.165, 1.54) is 5.56 Å². The minimum absolute atomic E-state index is 0.0116. The molecule has 1 saturated carbocycles. The molecule has 6 heteroatoms. The van der Waals surface area contributed by atoms with Crippen molar-refractivity contribution in [3.63, 3.8) is 0 Å². The minimum Gasteiger partial charge on any atom is -0.361 e. The molecule has 0 spiro atoms. The third kappa shape index (κ3) is 2.35. The van der Waals surface area contributed by atoms with Crippen LogP contribution in [0.15, 0.2) is 18.3 Å². The molecule has 6 nitrogen and oxygen atoms in total. The Hall–Kier alpha value is -2.34. The Morgan fingerprint density at radius 1 is 1.24 bits per heavy atom. The number of piperidine rings is 1. The van der Waals surface area contributed by atoms with Crippen LogP contribution in [0.3, 0.4) is 0 Å². The monoisotopic (exact) mass is 338 g/mol. The normalized spacial score (nSPS) is 26.9. The van der Waals surface area contributed by atoms with E-state index >= 15 is 0 Å². The van der Waals surface area contributed by atoms with Crippen molar-refractivity contribution in [2.45, 2.75) is 12.8 Å². The fourth-order valence-corrected chi connectivity index (χ4v) is 4.68. The van der Waals surface area contributed by atoms with E-state index in [4.69, 9.17) is 0 Å². The first-order valence-corrected chi connectivity index (χ1v) is 9.12. The first-order valence-electron chi connectivity index (χ1n) is 9.12. The van der Waals surface area contributed by atoms with Crippen molar-refractivity contribution in [3.05, 3.63) is 35.0 Å². The van der Waals surface area contributed by atoms with Crippen molar-refractivity contribution >= 4 is 22.7 Å². The molecule has 2 atom stereocenters. The molecule has 25 heavy (non-hydrogen) atoms. The van der Waals surface area contributed by atoms with Crippen molar-refractivity contribution in [2.24, 2.45) is 17.8 Å². The molecule has 2 amide bonds. The number of carbonyl (C=O) groups is 2. The summed E-state index contributed by atoms with van der Waals surface area (Å²) in [6.07, 6.45) is 3.65. The molecule has 1 aliphatic carbocycles. The lowest BCUT2D eigenvalue weighted by Crippen LogP contribution is -2.32. The number of aromatic amines is 1. The fourth-order valence-electron chi connectivity index (χ4n) is 4.68. The van der Waals surface area contributed by atoms with E-state index < -0.39 is 0 Å². The summed E-state index contributed by atoms with van der Waals surface area (Å²) in [6.45, 7) is 3.30. The third-order valence-corrected chi connectivity index (χ3v) is 6.03. The Kier molecular flexibility index (Phi) is 3.35. The van der Waals surface area contributed by atoms with Gasteiger partial charge in [0, 0.05) is 41.7 Å². The minimum atomic E-state index is 0.0116. The number of amides is 2. The first kappa shape index (κ1) is 15.0. The summed E-state index contributed by atoms with van der Waals surface area (Å²) >= 11 is 0. The van der Waals surface area contributed by atoms with Gasteiger partial charge in [0.1, 0.15) is 0 Å². The van der Waals surface area contributed by atoms with Gasteiger partial charge >= 0.3 is 0 Å². The van der Waals surface area contributed by atoms with Gasteiger partial charge in [-0.3, -0.25) is 9.59 Å². The predicted molar refractivity (Wildman–Crippen MR) is 94.4 cm³/mol. The molecule has 0 bridgehead atoms. The van der Waals surface area contributed by atoms with Gasteiger partial charge in [0.25, 0.3) is 5.91 Å². The molecule has 5 rings (SSSR count). The number of benzene rings is 1. The lowest BCUT2D eigenvalue weighted by Gasteiger charge is -2.18. The van der Waals surface area contributed by atoms with Crippen LogP contribution < -0.4 is 16.0 Å². The van der Waals surface area contributed by atoms with Crippen LogP contribution >= 0.6 is 0 Å². The Balaban J connectivity index is 1.31. The topological polar surface area (TPSA) is 86.0 Å². The standard InChI is InChI=1S/C19H22N4O2/c24-18-12-1-2-15-16(11(12)4-6-21-18)10(7-23-15)3-5-22-19(25)17-13-8-20-9-14(13)17/h1-2,7,13-14,17,20,23H,3-6,8-9H2,(H,21,24)(H,22,25). The van der Waals surface area contributed by atoms with Gasteiger partial charge in [-0.2, -0.15) is 0 Å². The second-order valence-corrected chi connectivity index (χ2v) is 7.39. The maximum Gasteiger partial charge on any atom is 0.251 e. The van der Waals surface area contributed by atoms with E-state index in [2.05, 4.69) is 20.9 Å². The van der Waals surface area contributed by atoms with E-state index in [0.717, 1.165) is 48.0 Å². The molecule has 0 radical (unpaired) electrons. The summed E-state index contributed by atoms with van der Waals surface area (Å²) in [5.41, 5.74) is 4.16. The number of fused-ring (bicyclic) bond motifs is 4. The number of carbonyl (C=O) groups excluding carboxylic acids is 2. The van der Waals surface area contributed by atoms with Crippen LogP contribution in [-0.4, -0.2) is 43.0 Å². The number of H-pyrrole nitrogens is 1. The van der Waals surface area contributed by atoms with Gasteiger partial charge in [0.2, 0.25) is 5.91 Å². The zero-order valence-corrected chi connectivity index (χ0v) is 14.0. The quantitative estimate of drug-likeness (QED) is 0.658. The molecule has 1 saturated heterocycles. The molecule has 1 aromatic carbocycles. The first-order chi connectivity index (χ1) is 12.2. The SMILES string of the molecule is O=C1NCCc2c1ccc1[nH]cc(CCNC(=O)C3C4CNCC43)c21. The van der Waals surface area contributed by atoms with Gasteiger partial charge in [-0.15, -0.1) is 0 Å². The maximum atomic E-state index is 12.3. The summed E-state index contributed by atoms with van der Waals surface area (Å²) in [6, 6.07) is 3.87. The Bertz CT molecular complexity index is 862. The second kappa shape index (κ2) is 5.59. The largest absolute Gasteiger partial charge is 0.361 e. The lowest BCUT2D eigenvalue weighted by atomic mass is 9.94. The van der Waals surface area contributed by atoms with Crippen LogP contribution in [0.25, 0.3) is 10.9 Å². The van der Waals surface area contributed by atoms with E-state index in [9.17, 15) is 9.59 Å². The van der Waals surface area contributed by atoms with Crippen LogP contribution in [0.4, 0.5) is 0 Å². The van der Waals surface area contributed by atoms with E-state index in [1.807, 2.05) is 18.3 Å². The number of nitrogens with one attached hydrogen (secondary N) is 4. The number of aromatic nitrogens is 1. The van der Waals surface area contributed by atoms with Crippen LogP contribution in [-0.2, 0) is 17.6 Å². The summed E-state index contributed by atoms with van der Waals surface area (Å²) in [7, 11) is 0. The molecule has 1 aromatic heterocycles. The van der Waals surface area contributed by atoms with Gasteiger partial charge < -0.3 is 20.9 Å². The predicted octanol–water partition coefficient (Wildman–Crippen LogP) is 0.578. The van der Waals surface area contributed by atoms with Gasteiger partial charge in [0.05, 0.1) is 0 Å². The molecular formula is C19H22N4O2. The Morgan fingerprint density at radius 3 is 2.92 bits per heavy atom. The van der Waals surface area contributed by atoms with Crippen molar-refractivity contribution < 1.29 is 9.59 Å². The number of hydrogen-bond acceptors (Lipinski definition) is 3. The second-order valence-electron chi connectivity index (χ2n) is 7.39. The highest BCUT2D eigenvalue weighted by Crippen LogP contribution is 2.48. The third-order valence-electron chi connectivity index (χ3n) is 6.03. The van der Waals surface area contributed by atoms with E-state index in [0.29, 0.717) is 24.9 Å². The maximum absolute atomic E-state index is 12.3. The van der Waals surface area contributed by atoms with Crippen molar-refractivity contribution in [2.75, 3.05) is 26.2 Å². The molecule has 2 aromatic rings. The zero-order chi connectivity index (χ0) is 17.0. The van der Waals surface area contributed by atoms with Gasteiger partial charge in [0.15, 0.2) is 0 Å². The molecule has 4 N–H and O–H groups in total. The molecular weight excluding hydrogens is 316 g/mol. The van der Waals surface area contributed by atoms with Crippen LogP contribution in [0.1, 0.15) is 21.5 Å². The van der Waals surface area contributed by atoms with Gasteiger partial charge in [-0.05, 0) is 61.0 Å². The lowest BCUT2D eigenvalue weighted by molar-refractivity contribution is -0.122. The van der Waals surface area contributed by atoms with Crippen molar-refractivity contribution in [1.82, 2.24) is 20.9 Å². The number of rotatable bonds is 4.